The number of fused-ring (bicyclic) bond motifs is 11. The highest BCUT2D eigenvalue weighted by Gasteiger charge is 2.51. The van der Waals surface area contributed by atoms with Crippen molar-refractivity contribution in [1.82, 2.24) is 9.97 Å². The molecule has 13 rings (SSSR count). The van der Waals surface area contributed by atoms with E-state index in [1.54, 1.807) is 0 Å². The normalized spacial score (nSPS) is 15.0. The van der Waals surface area contributed by atoms with Gasteiger partial charge in [0, 0.05) is 28.1 Å². The number of hydrogen-bond acceptors (Lipinski definition) is 3. The van der Waals surface area contributed by atoms with Gasteiger partial charge in [0.15, 0.2) is 5.82 Å². The molecular weight excluding hydrogens is 727 g/mol. The molecule has 278 valence electrons. The van der Waals surface area contributed by atoms with Crippen molar-refractivity contribution in [3.05, 3.63) is 235 Å². The van der Waals surface area contributed by atoms with Crippen LogP contribution in [0.2, 0.25) is 0 Å². The van der Waals surface area contributed by atoms with E-state index >= 15 is 0 Å². The van der Waals surface area contributed by atoms with E-state index in [1.807, 2.05) is 6.07 Å². The number of benzene rings is 9. The van der Waals surface area contributed by atoms with Crippen LogP contribution in [0.4, 0.5) is 17.2 Å². The van der Waals surface area contributed by atoms with E-state index in [0.717, 1.165) is 34.0 Å². The van der Waals surface area contributed by atoms with Gasteiger partial charge in [-0.3, -0.25) is 4.90 Å². The fraction of sp³-hybridized carbons (Fsp3) is 0.0175. The van der Waals surface area contributed by atoms with Gasteiger partial charge in [-0.15, -0.1) is 0 Å². The number of para-hydroxylation sites is 1. The van der Waals surface area contributed by atoms with Gasteiger partial charge in [-0.05, 0) is 78.7 Å². The van der Waals surface area contributed by atoms with Crippen LogP contribution >= 0.6 is 0 Å². The Morgan fingerprint density at radius 1 is 0.333 bits per heavy atom. The summed E-state index contributed by atoms with van der Waals surface area (Å²) in [4.78, 5) is 13.0. The van der Waals surface area contributed by atoms with Crippen LogP contribution in [0, 0.1) is 0 Å². The molecule has 3 heteroatoms. The van der Waals surface area contributed by atoms with Gasteiger partial charge in [0.05, 0.1) is 22.5 Å². The Morgan fingerprint density at radius 2 is 0.900 bits per heavy atom. The van der Waals surface area contributed by atoms with Crippen molar-refractivity contribution in [2.75, 3.05) is 4.90 Å². The average molecular weight is 762 g/mol. The van der Waals surface area contributed by atoms with Gasteiger partial charge in [-0.2, -0.15) is 0 Å². The van der Waals surface area contributed by atoms with Crippen LogP contribution in [0.1, 0.15) is 22.3 Å². The second-order valence-electron chi connectivity index (χ2n) is 16.0. The summed E-state index contributed by atoms with van der Waals surface area (Å²) in [6.07, 6.45) is 0. The number of hydrogen-bond donors (Lipinski definition) is 0. The first kappa shape index (κ1) is 33.1. The summed E-state index contributed by atoms with van der Waals surface area (Å²) in [5, 5.41) is 2.53. The monoisotopic (exact) mass is 761 g/mol. The molecule has 1 spiro atoms. The van der Waals surface area contributed by atoms with Crippen molar-refractivity contribution < 1.29 is 0 Å². The third-order valence-corrected chi connectivity index (χ3v) is 13.0. The Bertz CT molecular complexity index is 3320. The minimum Gasteiger partial charge on any atom is -0.294 e. The predicted octanol–water partition coefficient (Wildman–Crippen LogP) is 14.4. The maximum absolute atomic E-state index is 5.41. The topological polar surface area (TPSA) is 29.0 Å². The zero-order chi connectivity index (χ0) is 39.4. The fourth-order valence-electron chi connectivity index (χ4n) is 10.7. The smallest absolute Gasteiger partial charge is 0.162 e. The highest BCUT2D eigenvalue weighted by atomic mass is 15.2. The molecule has 60 heavy (non-hydrogen) atoms. The van der Waals surface area contributed by atoms with E-state index in [2.05, 4.69) is 211 Å². The lowest BCUT2D eigenvalue weighted by Crippen LogP contribution is -2.32. The van der Waals surface area contributed by atoms with E-state index in [4.69, 9.17) is 9.97 Å². The zero-order valence-electron chi connectivity index (χ0n) is 32.5. The van der Waals surface area contributed by atoms with E-state index < -0.39 is 5.41 Å². The Kier molecular flexibility index (Phi) is 6.93. The summed E-state index contributed by atoms with van der Waals surface area (Å²) in [7, 11) is 0. The van der Waals surface area contributed by atoms with Crippen molar-refractivity contribution in [3.63, 3.8) is 0 Å². The van der Waals surface area contributed by atoms with Crippen LogP contribution in [0.15, 0.2) is 212 Å². The van der Waals surface area contributed by atoms with E-state index in [0.29, 0.717) is 5.82 Å². The predicted molar refractivity (Wildman–Crippen MR) is 246 cm³/mol. The molecular formula is C57H35N3. The van der Waals surface area contributed by atoms with Gasteiger partial charge in [0.2, 0.25) is 0 Å². The molecule has 3 aliphatic rings. The molecule has 9 aromatic carbocycles. The van der Waals surface area contributed by atoms with Gasteiger partial charge < -0.3 is 0 Å². The summed E-state index contributed by atoms with van der Waals surface area (Å²) in [6.45, 7) is 0. The first-order valence-corrected chi connectivity index (χ1v) is 20.7. The summed E-state index contributed by atoms with van der Waals surface area (Å²) >= 11 is 0. The molecule has 0 amide bonds. The van der Waals surface area contributed by atoms with Gasteiger partial charge in [-0.25, -0.2) is 9.97 Å². The van der Waals surface area contributed by atoms with Crippen LogP contribution in [0.5, 0.6) is 0 Å². The third-order valence-electron chi connectivity index (χ3n) is 13.0. The molecule has 0 radical (unpaired) electrons. The van der Waals surface area contributed by atoms with E-state index in [9.17, 15) is 0 Å². The standard InChI is InChI=1S/C57H35N3/c1-4-17-36(18-5-1)39-26-16-29-47-53(39)44-25-11-14-28-46(44)57(47)45-27-13-10-23-40(45)42-31-32-43-41-24-12-15-30-50(41)60(51-34-33-48(57)54(42)55(43)51)52-35-49(37-19-6-2-7-20-37)58-56(59-52)38-21-8-3-9-22-38/h1-35H. The van der Waals surface area contributed by atoms with Crippen molar-refractivity contribution in [2.45, 2.75) is 5.41 Å². The SMILES string of the molecule is c1ccc(-c2cc(N3c4ccccc4-c4ccc5c6c(ccc3c46)C3(c4ccccc4-c4c(-c6ccccc6)cccc43)c3ccccc3-5)nc(-c3ccccc3)n2)cc1. The summed E-state index contributed by atoms with van der Waals surface area (Å²) in [5.41, 5.74) is 19.9. The lowest BCUT2D eigenvalue weighted by atomic mass is 9.61. The number of rotatable bonds is 4. The summed E-state index contributed by atoms with van der Waals surface area (Å²) < 4.78 is 0. The average Bonchev–Trinajstić information content (AvgIpc) is 3.63. The van der Waals surface area contributed by atoms with Crippen molar-refractivity contribution >= 4 is 28.0 Å². The highest BCUT2D eigenvalue weighted by Crippen LogP contribution is 2.65. The zero-order valence-corrected chi connectivity index (χ0v) is 32.5. The van der Waals surface area contributed by atoms with Crippen molar-refractivity contribution in [3.8, 4) is 67.2 Å². The number of nitrogens with zero attached hydrogens (tertiary/aromatic N) is 3. The Labute approximate surface area is 348 Å². The Morgan fingerprint density at radius 3 is 1.65 bits per heavy atom. The molecule has 0 saturated heterocycles. The molecule has 0 N–H and O–H groups in total. The van der Waals surface area contributed by atoms with E-state index in [1.165, 1.54) is 77.5 Å². The quantitative estimate of drug-likeness (QED) is 0.179. The van der Waals surface area contributed by atoms with E-state index in [-0.39, 0.29) is 0 Å². The highest BCUT2D eigenvalue weighted by molar-refractivity contribution is 6.20. The molecule has 1 atom stereocenters. The second-order valence-corrected chi connectivity index (χ2v) is 16.0. The van der Waals surface area contributed by atoms with Gasteiger partial charge in [0.25, 0.3) is 0 Å². The number of anilines is 3. The van der Waals surface area contributed by atoms with Gasteiger partial charge in [0.1, 0.15) is 5.82 Å². The molecule has 0 bridgehead atoms. The van der Waals surface area contributed by atoms with Crippen molar-refractivity contribution in [2.24, 2.45) is 0 Å². The molecule has 1 aromatic heterocycles. The number of aromatic nitrogens is 2. The lowest BCUT2D eigenvalue weighted by molar-refractivity contribution is 0.773. The minimum atomic E-state index is -0.546. The first-order chi connectivity index (χ1) is 29.8. The lowest BCUT2D eigenvalue weighted by Gasteiger charge is -2.42. The molecule has 0 fully saturated rings. The maximum atomic E-state index is 5.41. The van der Waals surface area contributed by atoms with Crippen LogP contribution in [0.25, 0.3) is 77.9 Å². The Balaban J connectivity index is 1.15. The second kappa shape index (κ2) is 12.6. The van der Waals surface area contributed by atoms with Gasteiger partial charge >= 0.3 is 0 Å². The third kappa shape index (κ3) is 4.44. The largest absolute Gasteiger partial charge is 0.294 e. The Hall–Kier alpha value is -7.88. The molecule has 1 aliphatic heterocycles. The maximum Gasteiger partial charge on any atom is 0.162 e. The fourth-order valence-corrected chi connectivity index (χ4v) is 10.7. The molecule has 3 nitrogen and oxygen atoms in total. The van der Waals surface area contributed by atoms with Crippen LogP contribution in [0.3, 0.4) is 0 Å². The van der Waals surface area contributed by atoms with Crippen LogP contribution < -0.4 is 4.90 Å². The molecule has 0 saturated carbocycles. The molecule has 1 unspecified atom stereocenters. The van der Waals surface area contributed by atoms with Crippen LogP contribution in [-0.4, -0.2) is 9.97 Å². The molecule has 2 heterocycles. The molecule has 10 aromatic rings. The van der Waals surface area contributed by atoms with Gasteiger partial charge in [-0.1, -0.05) is 194 Å². The first-order valence-electron chi connectivity index (χ1n) is 20.7. The van der Waals surface area contributed by atoms with Crippen LogP contribution in [-0.2, 0) is 5.41 Å². The summed E-state index contributed by atoms with van der Waals surface area (Å²) in [5.74, 6) is 1.52. The molecule has 2 aliphatic carbocycles. The minimum absolute atomic E-state index is 0.546. The van der Waals surface area contributed by atoms with Crippen molar-refractivity contribution in [1.29, 1.82) is 0 Å². The summed E-state index contributed by atoms with van der Waals surface area (Å²) in [6, 6.07) is 77.3.